The van der Waals surface area contributed by atoms with Crippen LogP contribution >= 0.6 is 22.9 Å². The van der Waals surface area contributed by atoms with Crippen LogP contribution in [0.3, 0.4) is 0 Å². The summed E-state index contributed by atoms with van der Waals surface area (Å²) in [5.74, 6) is 2.18. The second kappa shape index (κ2) is 7.77. The van der Waals surface area contributed by atoms with E-state index in [1.54, 1.807) is 11.3 Å². The molecule has 3 aliphatic rings. The number of hydrogen-bond acceptors (Lipinski definition) is 7. The van der Waals surface area contributed by atoms with Crippen molar-refractivity contribution >= 4 is 55.0 Å². The number of hydrogen-bond donors (Lipinski definition) is 0. The summed E-state index contributed by atoms with van der Waals surface area (Å²) in [7, 11) is 0. The molecule has 1 aliphatic carbocycles. The lowest BCUT2D eigenvalue weighted by molar-refractivity contribution is 0.122. The zero-order chi connectivity index (χ0) is 20.1. The highest BCUT2D eigenvalue weighted by Gasteiger charge is 2.28. The minimum absolute atomic E-state index is 0.351. The van der Waals surface area contributed by atoms with E-state index >= 15 is 0 Å². The molecule has 6 nitrogen and oxygen atoms in total. The number of piperidine rings is 1. The fraction of sp³-hybridized carbons (Fsp3) is 0.591. The molecule has 6 rings (SSSR count). The lowest BCUT2D eigenvalue weighted by Crippen LogP contribution is -2.37. The van der Waals surface area contributed by atoms with Gasteiger partial charge in [0.15, 0.2) is 5.82 Å². The number of ether oxygens (including phenoxy) is 1. The van der Waals surface area contributed by atoms with Crippen LogP contribution in [0.15, 0.2) is 0 Å². The smallest absolute Gasteiger partial charge is 0.224 e. The molecular weight excluding hydrogens is 418 g/mol. The van der Waals surface area contributed by atoms with Crippen molar-refractivity contribution in [2.45, 2.75) is 44.9 Å². The van der Waals surface area contributed by atoms with Crippen LogP contribution < -0.4 is 9.80 Å². The highest BCUT2D eigenvalue weighted by Crippen LogP contribution is 2.44. The molecular formula is C22H26ClN5OS. The Bertz CT molecular complexity index is 1100. The Kier molecular flexibility index (Phi) is 4.93. The molecule has 3 aromatic rings. The molecule has 0 amide bonds. The Hall–Kier alpha value is -1.70. The van der Waals surface area contributed by atoms with Crippen molar-refractivity contribution in [1.29, 1.82) is 0 Å². The van der Waals surface area contributed by atoms with Gasteiger partial charge in [-0.05, 0) is 67.7 Å². The Morgan fingerprint density at radius 1 is 0.767 bits per heavy atom. The first-order valence-electron chi connectivity index (χ1n) is 11.2. The van der Waals surface area contributed by atoms with Gasteiger partial charge in [-0.15, -0.1) is 11.3 Å². The SMILES string of the molecule is Clc1nc(N2CCCCC2)c2sc3nc(N4CCOCC4)c4c(c3c2n1)CCCC4. The molecule has 0 saturated carbocycles. The van der Waals surface area contributed by atoms with E-state index in [-0.39, 0.29) is 0 Å². The van der Waals surface area contributed by atoms with Gasteiger partial charge >= 0.3 is 0 Å². The lowest BCUT2D eigenvalue weighted by atomic mass is 9.90. The molecule has 2 fully saturated rings. The van der Waals surface area contributed by atoms with Crippen LogP contribution in [-0.4, -0.2) is 54.3 Å². The molecule has 30 heavy (non-hydrogen) atoms. The molecule has 0 spiro atoms. The van der Waals surface area contributed by atoms with E-state index in [0.717, 1.165) is 73.1 Å². The van der Waals surface area contributed by atoms with Gasteiger partial charge in [0, 0.05) is 31.6 Å². The lowest BCUT2D eigenvalue weighted by Gasteiger charge is -2.31. The van der Waals surface area contributed by atoms with Crippen molar-refractivity contribution in [3.05, 3.63) is 16.4 Å². The summed E-state index contributed by atoms with van der Waals surface area (Å²) in [5.41, 5.74) is 3.87. The Morgan fingerprint density at radius 3 is 2.30 bits per heavy atom. The van der Waals surface area contributed by atoms with Crippen LogP contribution in [0.1, 0.15) is 43.2 Å². The largest absolute Gasteiger partial charge is 0.378 e. The van der Waals surface area contributed by atoms with Gasteiger partial charge in [0.25, 0.3) is 0 Å². The molecule has 2 aliphatic heterocycles. The van der Waals surface area contributed by atoms with Crippen LogP contribution in [0.5, 0.6) is 0 Å². The Morgan fingerprint density at radius 2 is 1.50 bits per heavy atom. The van der Waals surface area contributed by atoms with Gasteiger partial charge in [-0.1, -0.05) is 0 Å². The molecule has 0 radical (unpaired) electrons. The Balaban J connectivity index is 1.59. The van der Waals surface area contributed by atoms with Crippen molar-refractivity contribution in [2.75, 3.05) is 49.2 Å². The third kappa shape index (κ3) is 3.13. The minimum atomic E-state index is 0.351. The van der Waals surface area contributed by atoms with Gasteiger partial charge in [0.05, 0.1) is 23.4 Å². The number of halogens is 1. The highest BCUT2D eigenvalue weighted by molar-refractivity contribution is 7.26. The summed E-state index contributed by atoms with van der Waals surface area (Å²) in [6.07, 6.45) is 8.37. The number of anilines is 2. The average molecular weight is 444 g/mol. The maximum Gasteiger partial charge on any atom is 0.224 e. The van der Waals surface area contributed by atoms with E-state index in [0.29, 0.717) is 5.28 Å². The van der Waals surface area contributed by atoms with Crippen molar-refractivity contribution in [1.82, 2.24) is 15.0 Å². The van der Waals surface area contributed by atoms with E-state index in [9.17, 15) is 0 Å². The van der Waals surface area contributed by atoms with Crippen molar-refractivity contribution < 1.29 is 4.74 Å². The van der Waals surface area contributed by atoms with Gasteiger partial charge in [0.2, 0.25) is 5.28 Å². The van der Waals surface area contributed by atoms with Crippen molar-refractivity contribution in [3.63, 3.8) is 0 Å². The van der Waals surface area contributed by atoms with E-state index in [2.05, 4.69) is 14.8 Å². The van der Waals surface area contributed by atoms with Crippen molar-refractivity contribution in [2.24, 2.45) is 0 Å². The van der Waals surface area contributed by atoms with Gasteiger partial charge in [-0.3, -0.25) is 0 Å². The minimum Gasteiger partial charge on any atom is -0.378 e. The maximum absolute atomic E-state index is 6.45. The second-order valence-corrected chi connectivity index (χ2v) is 9.86. The number of nitrogens with zero attached hydrogens (tertiary/aromatic N) is 5. The van der Waals surface area contributed by atoms with Crippen LogP contribution in [0.4, 0.5) is 11.6 Å². The Labute approximate surface area is 185 Å². The van der Waals surface area contributed by atoms with Gasteiger partial charge < -0.3 is 14.5 Å². The number of morpholine rings is 1. The number of thiophene rings is 1. The fourth-order valence-electron chi connectivity index (χ4n) is 5.22. The van der Waals surface area contributed by atoms with Crippen LogP contribution in [0, 0.1) is 0 Å². The van der Waals surface area contributed by atoms with Crippen LogP contribution in [0.2, 0.25) is 5.28 Å². The zero-order valence-corrected chi connectivity index (χ0v) is 18.7. The topological polar surface area (TPSA) is 54.4 Å². The van der Waals surface area contributed by atoms with E-state index in [1.807, 2.05) is 0 Å². The monoisotopic (exact) mass is 443 g/mol. The van der Waals surface area contributed by atoms with Crippen molar-refractivity contribution in [3.8, 4) is 0 Å². The standard InChI is InChI=1S/C22H26ClN5OS/c23-22-24-17-16-14-6-2-3-7-15(14)19(28-10-12-29-13-11-28)25-21(16)30-18(17)20(26-22)27-8-4-1-5-9-27/h1-13H2. The van der Waals surface area contributed by atoms with Gasteiger partial charge in [-0.25, -0.2) is 9.97 Å². The second-order valence-electron chi connectivity index (χ2n) is 8.52. The first-order valence-corrected chi connectivity index (χ1v) is 12.4. The first-order chi connectivity index (χ1) is 14.8. The average Bonchev–Trinajstić information content (AvgIpc) is 3.17. The predicted octanol–water partition coefficient (Wildman–Crippen LogP) is 4.60. The number of fused-ring (bicyclic) bond motifs is 5. The highest BCUT2D eigenvalue weighted by atomic mass is 35.5. The normalized spacial score (nSPS) is 20.2. The third-order valence-electron chi connectivity index (χ3n) is 6.68. The van der Waals surface area contributed by atoms with Crippen LogP contribution in [-0.2, 0) is 17.6 Å². The van der Waals surface area contributed by atoms with E-state index < -0.39 is 0 Å². The zero-order valence-electron chi connectivity index (χ0n) is 17.1. The quantitative estimate of drug-likeness (QED) is 0.539. The summed E-state index contributed by atoms with van der Waals surface area (Å²) < 4.78 is 6.74. The summed E-state index contributed by atoms with van der Waals surface area (Å²) >= 11 is 8.20. The molecule has 3 aromatic heterocycles. The van der Waals surface area contributed by atoms with E-state index in [4.69, 9.17) is 26.3 Å². The summed E-state index contributed by atoms with van der Waals surface area (Å²) in [6, 6.07) is 0. The summed E-state index contributed by atoms with van der Waals surface area (Å²) in [6.45, 7) is 5.48. The van der Waals surface area contributed by atoms with Gasteiger partial charge in [-0.2, -0.15) is 4.98 Å². The molecule has 158 valence electrons. The summed E-state index contributed by atoms with van der Waals surface area (Å²) in [4.78, 5) is 20.5. The third-order valence-corrected chi connectivity index (χ3v) is 7.92. The predicted molar refractivity (Wildman–Crippen MR) is 123 cm³/mol. The van der Waals surface area contributed by atoms with Gasteiger partial charge in [0.1, 0.15) is 10.6 Å². The first kappa shape index (κ1) is 19.0. The molecule has 0 atom stereocenters. The molecule has 0 N–H and O–H groups in total. The summed E-state index contributed by atoms with van der Waals surface area (Å²) in [5, 5.41) is 1.58. The molecule has 8 heteroatoms. The van der Waals surface area contributed by atoms with E-state index in [1.165, 1.54) is 54.4 Å². The molecule has 0 aromatic carbocycles. The number of pyridine rings is 1. The number of rotatable bonds is 2. The molecule has 0 unspecified atom stereocenters. The maximum atomic E-state index is 6.45. The number of aryl methyl sites for hydroxylation is 1. The molecule has 0 bridgehead atoms. The molecule has 2 saturated heterocycles. The van der Waals surface area contributed by atoms with Crippen LogP contribution in [0.25, 0.3) is 20.4 Å². The number of aromatic nitrogens is 3. The fourth-order valence-corrected chi connectivity index (χ4v) is 6.55. The molecule has 5 heterocycles.